The van der Waals surface area contributed by atoms with E-state index in [4.69, 9.17) is 22.9 Å². The molecule has 19 N–H and O–H groups in total. The first-order chi connectivity index (χ1) is 35.5. The molecule has 0 radical (unpaired) electrons. The van der Waals surface area contributed by atoms with Crippen molar-refractivity contribution in [1.82, 2.24) is 47.4 Å². The van der Waals surface area contributed by atoms with Gasteiger partial charge in [0.05, 0.1) is 12.6 Å². The number of unbranched alkanes of at least 4 members (excludes halogenated alkanes) is 1. The molecule has 9 amide bonds. The summed E-state index contributed by atoms with van der Waals surface area (Å²) in [5.74, 6) is -10.8. The molecule has 0 spiro atoms. The van der Waals surface area contributed by atoms with Crippen LogP contribution < -0.4 is 65.5 Å². The van der Waals surface area contributed by atoms with Crippen molar-refractivity contribution in [2.75, 3.05) is 26.2 Å². The zero-order valence-electron chi connectivity index (χ0n) is 45.1. The maximum atomic E-state index is 14.2. The molecular formula is C48H86N14O14. The van der Waals surface area contributed by atoms with Crippen LogP contribution in [0.1, 0.15) is 126 Å². The third-order valence-corrected chi connectivity index (χ3v) is 12.1. The number of nitrogens with zero attached hydrogens (tertiary/aromatic N) is 2. The normalized spacial score (nSPS) is 16.8. The van der Waals surface area contributed by atoms with Crippen LogP contribution in [0.2, 0.25) is 0 Å². The van der Waals surface area contributed by atoms with E-state index < -0.39 is 145 Å². The van der Waals surface area contributed by atoms with E-state index in [9.17, 15) is 68.1 Å². The quantitative estimate of drug-likeness (QED) is 0.0164. The minimum absolute atomic E-state index is 0.0239. The summed E-state index contributed by atoms with van der Waals surface area (Å²) in [6.45, 7) is 12.7. The molecule has 432 valence electrons. The summed E-state index contributed by atoms with van der Waals surface area (Å²) < 4.78 is 0. The van der Waals surface area contributed by atoms with Crippen LogP contribution in [-0.4, -0.2) is 178 Å². The van der Waals surface area contributed by atoms with Crippen molar-refractivity contribution in [3.8, 4) is 0 Å². The van der Waals surface area contributed by atoms with Gasteiger partial charge in [-0.1, -0.05) is 41.5 Å². The number of carboxylic acid groups (broad SMARTS) is 2. The summed E-state index contributed by atoms with van der Waals surface area (Å²) in [4.78, 5) is 151. The summed E-state index contributed by atoms with van der Waals surface area (Å²) in [6, 6.07) is -12.9. The molecule has 1 aliphatic rings. The van der Waals surface area contributed by atoms with Gasteiger partial charge in [-0.25, -0.2) is 4.79 Å². The Kier molecular flexibility index (Phi) is 30.2. The first-order valence-electron chi connectivity index (χ1n) is 25.8. The third kappa shape index (κ3) is 24.3. The van der Waals surface area contributed by atoms with E-state index in [0.29, 0.717) is 19.3 Å². The maximum absolute atomic E-state index is 14.2. The Labute approximate surface area is 443 Å². The molecule has 28 nitrogen and oxygen atoms in total. The molecule has 0 saturated carbocycles. The van der Waals surface area contributed by atoms with Crippen molar-refractivity contribution in [2.24, 2.45) is 45.7 Å². The number of carbonyl (C=O) groups is 11. The predicted molar refractivity (Wildman–Crippen MR) is 278 cm³/mol. The Morgan fingerprint density at radius 2 is 1.09 bits per heavy atom. The number of aliphatic carboxylic acids is 2. The van der Waals surface area contributed by atoms with Crippen molar-refractivity contribution in [3.63, 3.8) is 0 Å². The van der Waals surface area contributed by atoms with Gasteiger partial charge in [-0.05, 0) is 102 Å². The van der Waals surface area contributed by atoms with Gasteiger partial charge in [-0.3, -0.25) is 52.9 Å². The maximum Gasteiger partial charge on any atom is 0.326 e. The van der Waals surface area contributed by atoms with Crippen LogP contribution in [0, 0.1) is 17.8 Å². The molecule has 1 heterocycles. The number of amides is 9. The van der Waals surface area contributed by atoms with Crippen LogP contribution in [0.5, 0.6) is 0 Å². The van der Waals surface area contributed by atoms with Crippen LogP contribution >= 0.6 is 0 Å². The summed E-state index contributed by atoms with van der Waals surface area (Å²) in [6.07, 6.45) is 0.477. The number of nitrogens with one attached hydrogen (secondary N) is 8. The Balaban J connectivity index is 3.33. The fourth-order valence-electron chi connectivity index (χ4n) is 8.00. The zero-order chi connectivity index (χ0) is 58.0. The van der Waals surface area contributed by atoms with Crippen LogP contribution in [0.3, 0.4) is 0 Å². The average Bonchev–Trinajstić information content (AvgIpc) is 3.83. The Hall–Kier alpha value is -6.68. The van der Waals surface area contributed by atoms with Gasteiger partial charge in [0.1, 0.15) is 54.4 Å². The lowest BCUT2D eigenvalue weighted by molar-refractivity contribution is -0.143. The minimum Gasteiger partial charge on any atom is -0.481 e. The summed E-state index contributed by atoms with van der Waals surface area (Å²) >= 11 is 0. The van der Waals surface area contributed by atoms with Gasteiger partial charge in [0.15, 0.2) is 5.96 Å². The lowest BCUT2D eigenvalue weighted by atomic mass is 9.99. The number of likely N-dealkylation sites (tertiary alicyclic amines) is 1. The summed E-state index contributed by atoms with van der Waals surface area (Å²) in [7, 11) is 0. The number of nitrogens with two attached hydrogens (primary N) is 4. The van der Waals surface area contributed by atoms with Gasteiger partial charge in [-0.15, -0.1) is 0 Å². The highest BCUT2D eigenvalue weighted by molar-refractivity contribution is 5.98. The molecule has 0 aromatic rings. The second-order valence-electron chi connectivity index (χ2n) is 20.3. The van der Waals surface area contributed by atoms with Gasteiger partial charge in [0.2, 0.25) is 53.2 Å². The molecule has 1 rings (SSSR count). The van der Waals surface area contributed by atoms with Crippen molar-refractivity contribution in [1.29, 1.82) is 0 Å². The highest BCUT2D eigenvalue weighted by atomic mass is 16.4. The average molecular weight is 1080 g/mol. The Morgan fingerprint density at radius 1 is 0.592 bits per heavy atom. The smallest absolute Gasteiger partial charge is 0.326 e. The van der Waals surface area contributed by atoms with Crippen molar-refractivity contribution >= 4 is 71.1 Å². The number of aliphatic imine (C=N–C) groups is 1. The number of aliphatic hydroxyl groups is 1. The largest absolute Gasteiger partial charge is 0.481 e. The highest BCUT2D eigenvalue weighted by Crippen LogP contribution is 2.22. The van der Waals surface area contributed by atoms with Crippen LogP contribution in [0.4, 0.5) is 0 Å². The van der Waals surface area contributed by atoms with Crippen molar-refractivity contribution in [3.05, 3.63) is 0 Å². The van der Waals surface area contributed by atoms with E-state index in [1.165, 1.54) is 18.7 Å². The number of aliphatic hydroxyl groups excluding tert-OH is 1. The second-order valence-corrected chi connectivity index (χ2v) is 20.3. The van der Waals surface area contributed by atoms with Gasteiger partial charge in [-0.2, -0.15) is 0 Å². The van der Waals surface area contributed by atoms with Gasteiger partial charge < -0.3 is 85.7 Å². The fraction of sp³-hybridized carbons (Fsp3) is 0.750. The lowest BCUT2D eigenvalue weighted by Crippen LogP contribution is -2.60. The third-order valence-electron chi connectivity index (χ3n) is 12.1. The van der Waals surface area contributed by atoms with Gasteiger partial charge in [0, 0.05) is 19.5 Å². The van der Waals surface area contributed by atoms with E-state index in [0.717, 1.165) is 0 Å². The fourth-order valence-corrected chi connectivity index (χ4v) is 8.00. The second kappa shape index (κ2) is 34.1. The molecule has 1 fully saturated rings. The molecule has 10 atom stereocenters. The molecule has 1 saturated heterocycles. The molecule has 0 bridgehead atoms. The Bertz CT molecular complexity index is 2020. The van der Waals surface area contributed by atoms with Crippen LogP contribution in [-0.2, 0) is 52.7 Å². The van der Waals surface area contributed by atoms with E-state index >= 15 is 0 Å². The van der Waals surface area contributed by atoms with E-state index in [-0.39, 0.29) is 81.9 Å². The number of carboxylic acids is 2. The number of guanidine groups is 1. The SMILES string of the molecule is CC(C)C[C@H](NC(=O)[C@H](CCC(=O)O)NC(=O)[C@H](CCCCN)NC(=O)[C@H](C)NC(=O)[C@H](CO)NC(=O)[C@H](CCCN=C(N)N)NC(=O)[C@@H]1CCCN1C(=O)[C@H](CC(C)C)NC(=O)[C@@H](NC(=O)[C@H](C)N)C(C)C)C(=O)O. The molecule has 28 heteroatoms. The first-order valence-corrected chi connectivity index (χ1v) is 25.8. The standard InChI is InChI=1S/C48H86N14O14/c1-24(2)21-32(58-45(73)37(26(5)6)61-38(66)27(7)50)46(74)62-20-12-15-35(62)44(72)57-30(14-11-19-53-48(51)52)41(69)60-34(23-63)43(71)54-28(8)39(67)55-29(13-9-10-18-49)40(68)56-31(16-17-36(64)65)42(70)59-33(47(75)76)22-25(3)4/h24-35,37,63H,9-23,49-50H2,1-8H3,(H,54,71)(H,55,67)(H,56,68)(H,57,72)(H,58,73)(H,59,70)(H,60,69)(H,61,66)(H,64,65)(H,75,76)(H4,51,52,53)/t27-,28-,29-,30-,31-,32-,33-,34-,35-,37-/m0/s1. The van der Waals surface area contributed by atoms with E-state index in [2.05, 4.69) is 47.5 Å². The van der Waals surface area contributed by atoms with E-state index in [1.54, 1.807) is 27.7 Å². The Morgan fingerprint density at radius 3 is 1.61 bits per heavy atom. The van der Waals surface area contributed by atoms with Gasteiger partial charge in [0.25, 0.3) is 0 Å². The highest BCUT2D eigenvalue weighted by Gasteiger charge is 2.41. The van der Waals surface area contributed by atoms with Crippen LogP contribution in [0.25, 0.3) is 0 Å². The lowest BCUT2D eigenvalue weighted by Gasteiger charge is -2.32. The predicted octanol–water partition coefficient (Wildman–Crippen LogP) is -3.90. The van der Waals surface area contributed by atoms with Crippen LogP contribution in [0.15, 0.2) is 4.99 Å². The summed E-state index contributed by atoms with van der Waals surface area (Å²) in [5.41, 5.74) is 22.3. The zero-order valence-corrected chi connectivity index (χ0v) is 45.1. The number of hydrogen-bond acceptors (Lipinski definition) is 15. The molecule has 0 aromatic heterocycles. The first kappa shape index (κ1) is 67.3. The molecule has 0 unspecified atom stereocenters. The number of carbonyl (C=O) groups excluding carboxylic acids is 9. The van der Waals surface area contributed by atoms with E-state index in [1.807, 2.05) is 13.8 Å². The minimum atomic E-state index is -1.71. The molecule has 76 heavy (non-hydrogen) atoms. The molecule has 0 aliphatic carbocycles. The molecular weight excluding hydrogens is 997 g/mol. The van der Waals surface area contributed by atoms with Crippen molar-refractivity contribution in [2.45, 2.75) is 186 Å². The molecule has 1 aliphatic heterocycles. The number of rotatable bonds is 35. The molecule has 0 aromatic carbocycles. The monoisotopic (exact) mass is 1080 g/mol. The van der Waals surface area contributed by atoms with Crippen molar-refractivity contribution < 1.29 is 68.1 Å². The van der Waals surface area contributed by atoms with Gasteiger partial charge >= 0.3 is 11.9 Å². The summed E-state index contributed by atoms with van der Waals surface area (Å²) in [5, 5.41) is 49.3. The number of hydrogen-bond donors (Lipinski definition) is 15. The topological polar surface area (TPSA) is 464 Å².